The van der Waals surface area contributed by atoms with Gasteiger partial charge < -0.3 is 11.1 Å². The van der Waals surface area contributed by atoms with Crippen LogP contribution in [0.2, 0.25) is 0 Å². The average molecular weight is 285 g/mol. The number of hydrogen-bond donors (Lipinski definition) is 2. The number of carbonyl (C=O) groups excluding carboxylic acids is 1. The molecule has 0 spiro atoms. The van der Waals surface area contributed by atoms with E-state index < -0.39 is 0 Å². The second kappa shape index (κ2) is 6.22. The van der Waals surface area contributed by atoms with Crippen LogP contribution in [0.1, 0.15) is 33.6 Å². The number of anilines is 1. The Bertz CT molecular complexity index is 626. The van der Waals surface area contributed by atoms with Crippen LogP contribution in [0.5, 0.6) is 0 Å². The number of benzene rings is 1. The maximum absolute atomic E-state index is 12.1. The number of nitrogens with zero attached hydrogens (tertiary/aromatic N) is 1. The minimum Gasteiger partial charge on any atom is -0.327 e. The van der Waals surface area contributed by atoms with Crippen LogP contribution in [0.15, 0.2) is 36.5 Å². The minimum absolute atomic E-state index is 0.0649. The second-order valence-corrected chi connectivity index (χ2v) is 6.66. The van der Waals surface area contributed by atoms with Gasteiger partial charge >= 0.3 is 0 Å². The highest BCUT2D eigenvalue weighted by molar-refractivity contribution is 6.00. The maximum Gasteiger partial charge on any atom is 0.225 e. The van der Waals surface area contributed by atoms with Crippen LogP contribution < -0.4 is 11.1 Å². The Morgan fingerprint density at radius 3 is 2.71 bits per heavy atom. The molecule has 0 bridgehead atoms. The summed E-state index contributed by atoms with van der Waals surface area (Å²) >= 11 is 0. The lowest BCUT2D eigenvalue weighted by Crippen LogP contribution is -2.31. The topological polar surface area (TPSA) is 68.0 Å². The fraction of sp³-hybridized carbons (Fsp3) is 0.412. The van der Waals surface area contributed by atoms with Gasteiger partial charge in [-0.05, 0) is 24.0 Å². The van der Waals surface area contributed by atoms with Gasteiger partial charge in [0, 0.05) is 24.0 Å². The molecule has 0 aliphatic heterocycles. The van der Waals surface area contributed by atoms with Gasteiger partial charge in [0.1, 0.15) is 0 Å². The summed E-state index contributed by atoms with van der Waals surface area (Å²) in [5.41, 5.74) is 7.72. The van der Waals surface area contributed by atoms with Crippen LogP contribution >= 0.6 is 0 Å². The van der Waals surface area contributed by atoms with Crippen LogP contribution in [0.25, 0.3) is 10.9 Å². The van der Waals surface area contributed by atoms with Gasteiger partial charge in [-0.1, -0.05) is 39.0 Å². The van der Waals surface area contributed by atoms with Crippen LogP contribution in [0, 0.1) is 5.41 Å². The molecule has 21 heavy (non-hydrogen) atoms. The van der Waals surface area contributed by atoms with E-state index >= 15 is 0 Å². The standard InChI is InChI=1S/C17H23N3O/c1-17(2,3)11-13(18)10-15(21)20-14-8-4-6-12-7-5-9-19-16(12)14/h4-9,13H,10-11,18H2,1-3H3,(H,20,21). The number of para-hydroxylation sites is 1. The van der Waals surface area contributed by atoms with Gasteiger partial charge in [0.2, 0.25) is 5.91 Å². The molecule has 1 amide bonds. The fourth-order valence-electron chi connectivity index (χ4n) is 2.50. The first-order valence-electron chi connectivity index (χ1n) is 7.24. The number of pyridine rings is 1. The van der Waals surface area contributed by atoms with Crippen molar-refractivity contribution in [2.45, 2.75) is 39.7 Å². The first kappa shape index (κ1) is 15.4. The SMILES string of the molecule is CC(C)(C)CC(N)CC(=O)Nc1cccc2cccnc12. The zero-order valence-electron chi connectivity index (χ0n) is 12.9. The molecular weight excluding hydrogens is 262 g/mol. The van der Waals surface area contributed by atoms with E-state index in [0.717, 1.165) is 23.0 Å². The third-order valence-corrected chi connectivity index (χ3v) is 3.23. The van der Waals surface area contributed by atoms with Gasteiger partial charge in [-0.2, -0.15) is 0 Å². The molecule has 0 aliphatic carbocycles. The number of aromatic nitrogens is 1. The molecule has 4 heteroatoms. The third-order valence-electron chi connectivity index (χ3n) is 3.23. The van der Waals surface area contributed by atoms with Crippen molar-refractivity contribution in [1.29, 1.82) is 0 Å². The molecule has 2 aromatic rings. The Balaban J connectivity index is 2.05. The number of amides is 1. The highest BCUT2D eigenvalue weighted by Crippen LogP contribution is 2.23. The van der Waals surface area contributed by atoms with E-state index in [2.05, 4.69) is 31.1 Å². The first-order valence-corrected chi connectivity index (χ1v) is 7.24. The van der Waals surface area contributed by atoms with Gasteiger partial charge in [0.25, 0.3) is 0 Å². The van der Waals surface area contributed by atoms with Crippen molar-refractivity contribution < 1.29 is 4.79 Å². The summed E-state index contributed by atoms with van der Waals surface area (Å²) in [6.07, 6.45) is 2.86. The highest BCUT2D eigenvalue weighted by atomic mass is 16.1. The van der Waals surface area contributed by atoms with Gasteiger partial charge in [-0.3, -0.25) is 9.78 Å². The molecule has 3 N–H and O–H groups in total. The molecule has 1 aromatic heterocycles. The molecule has 0 saturated heterocycles. The normalized spacial score (nSPS) is 13.1. The molecule has 4 nitrogen and oxygen atoms in total. The Hall–Kier alpha value is -1.94. The summed E-state index contributed by atoms with van der Waals surface area (Å²) in [4.78, 5) is 16.5. The minimum atomic E-state index is -0.132. The summed E-state index contributed by atoms with van der Waals surface area (Å²) in [7, 11) is 0. The van der Waals surface area contributed by atoms with Crippen molar-refractivity contribution in [3.05, 3.63) is 36.5 Å². The largest absolute Gasteiger partial charge is 0.327 e. The number of hydrogen-bond acceptors (Lipinski definition) is 3. The number of nitrogens with two attached hydrogens (primary N) is 1. The monoisotopic (exact) mass is 285 g/mol. The van der Waals surface area contributed by atoms with Crippen LogP contribution in [-0.4, -0.2) is 16.9 Å². The molecule has 0 aliphatic rings. The summed E-state index contributed by atoms with van der Waals surface area (Å²) in [6.45, 7) is 6.37. The van der Waals surface area contributed by atoms with Crippen molar-refractivity contribution in [2.75, 3.05) is 5.32 Å². The summed E-state index contributed by atoms with van der Waals surface area (Å²) < 4.78 is 0. The van der Waals surface area contributed by atoms with Crippen molar-refractivity contribution in [2.24, 2.45) is 11.1 Å². The molecule has 2 rings (SSSR count). The molecule has 1 aromatic carbocycles. The van der Waals surface area contributed by atoms with Gasteiger partial charge in [0.05, 0.1) is 11.2 Å². The van der Waals surface area contributed by atoms with Crippen LogP contribution in [-0.2, 0) is 4.79 Å². The van der Waals surface area contributed by atoms with E-state index in [4.69, 9.17) is 5.73 Å². The van der Waals surface area contributed by atoms with Crippen molar-refractivity contribution in [3.8, 4) is 0 Å². The van der Waals surface area contributed by atoms with Crippen molar-refractivity contribution in [1.82, 2.24) is 4.98 Å². The van der Waals surface area contributed by atoms with E-state index in [-0.39, 0.29) is 17.4 Å². The Morgan fingerprint density at radius 1 is 1.29 bits per heavy atom. The predicted molar refractivity (Wildman–Crippen MR) is 87.0 cm³/mol. The van der Waals surface area contributed by atoms with E-state index in [0.29, 0.717) is 6.42 Å². The van der Waals surface area contributed by atoms with E-state index in [1.165, 1.54) is 0 Å². The smallest absolute Gasteiger partial charge is 0.225 e. The number of fused-ring (bicyclic) bond motifs is 1. The zero-order valence-corrected chi connectivity index (χ0v) is 12.9. The lowest BCUT2D eigenvalue weighted by Gasteiger charge is -2.22. The number of rotatable bonds is 4. The molecule has 112 valence electrons. The molecule has 0 saturated carbocycles. The fourth-order valence-corrected chi connectivity index (χ4v) is 2.50. The molecule has 1 heterocycles. The lowest BCUT2D eigenvalue weighted by atomic mass is 9.87. The molecule has 1 unspecified atom stereocenters. The molecule has 0 radical (unpaired) electrons. The Labute approximate surface area is 125 Å². The van der Waals surface area contributed by atoms with Crippen molar-refractivity contribution in [3.63, 3.8) is 0 Å². The number of carbonyl (C=O) groups is 1. The Morgan fingerprint density at radius 2 is 2.00 bits per heavy atom. The van der Waals surface area contributed by atoms with Crippen LogP contribution in [0.4, 0.5) is 5.69 Å². The zero-order chi connectivity index (χ0) is 15.5. The van der Waals surface area contributed by atoms with Crippen LogP contribution in [0.3, 0.4) is 0 Å². The van der Waals surface area contributed by atoms with Gasteiger partial charge in [0.15, 0.2) is 0 Å². The first-order chi connectivity index (χ1) is 9.85. The summed E-state index contributed by atoms with van der Waals surface area (Å²) in [6, 6.07) is 9.48. The number of nitrogens with one attached hydrogen (secondary N) is 1. The Kier molecular flexibility index (Phi) is 4.58. The van der Waals surface area contributed by atoms with Gasteiger partial charge in [-0.25, -0.2) is 0 Å². The highest BCUT2D eigenvalue weighted by Gasteiger charge is 2.18. The summed E-state index contributed by atoms with van der Waals surface area (Å²) in [5, 5.41) is 3.93. The maximum atomic E-state index is 12.1. The van der Waals surface area contributed by atoms with Gasteiger partial charge in [-0.15, -0.1) is 0 Å². The van der Waals surface area contributed by atoms with E-state index in [9.17, 15) is 4.79 Å². The van der Waals surface area contributed by atoms with E-state index in [1.807, 2.05) is 30.3 Å². The molecular formula is C17H23N3O. The second-order valence-electron chi connectivity index (χ2n) is 6.66. The molecule has 0 fully saturated rings. The lowest BCUT2D eigenvalue weighted by molar-refractivity contribution is -0.116. The van der Waals surface area contributed by atoms with E-state index in [1.54, 1.807) is 6.20 Å². The predicted octanol–water partition coefficient (Wildman–Crippen LogP) is 3.33. The van der Waals surface area contributed by atoms with Crippen molar-refractivity contribution >= 4 is 22.5 Å². The third kappa shape index (κ3) is 4.53. The summed E-state index contributed by atoms with van der Waals surface area (Å²) in [5.74, 6) is -0.0649. The average Bonchev–Trinajstić information content (AvgIpc) is 2.36. The molecule has 1 atom stereocenters. The quantitative estimate of drug-likeness (QED) is 0.905.